The number of nitrogens with one attached hydrogen (secondary N) is 2. The first-order chi connectivity index (χ1) is 11.4. The lowest BCUT2D eigenvalue weighted by molar-refractivity contribution is -0.384. The van der Waals surface area contributed by atoms with Crippen molar-refractivity contribution in [3.05, 3.63) is 69.8 Å². The first-order valence-electron chi connectivity index (χ1n) is 7.34. The van der Waals surface area contributed by atoms with Crippen molar-refractivity contribution in [1.82, 2.24) is 5.32 Å². The lowest BCUT2D eigenvalue weighted by Crippen LogP contribution is -2.31. The van der Waals surface area contributed by atoms with E-state index in [-0.39, 0.29) is 23.2 Å². The van der Waals surface area contributed by atoms with E-state index in [0.717, 1.165) is 0 Å². The van der Waals surface area contributed by atoms with Gasteiger partial charge < -0.3 is 10.6 Å². The molecular formula is C17H17N3O4. The molecule has 0 aromatic heterocycles. The number of hydrogen-bond acceptors (Lipinski definition) is 4. The average Bonchev–Trinajstić information content (AvgIpc) is 2.54. The summed E-state index contributed by atoms with van der Waals surface area (Å²) >= 11 is 0. The third-order valence-corrected chi connectivity index (χ3v) is 3.18. The van der Waals surface area contributed by atoms with Crippen LogP contribution in [0.4, 0.5) is 11.4 Å². The summed E-state index contributed by atoms with van der Waals surface area (Å²) in [7, 11) is 0. The molecule has 0 fully saturated rings. The van der Waals surface area contributed by atoms with E-state index in [1.54, 1.807) is 24.3 Å². The van der Waals surface area contributed by atoms with Crippen molar-refractivity contribution in [1.29, 1.82) is 0 Å². The summed E-state index contributed by atoms with van der Waals surface area (Å²) in [6.07, 6.45) is 0. The Kier molecular flexibility index (Phi) is 5.26. The Balaban J connectivity index is 2.20. The number of anilines is 1. The summed E-state index contributed by atoms with van der Waals surface area (Å²) in [6.45, 7) is 3.69. The van der Waals surface area contributed by atoms with Crippen LogP contribution in [0.25, 0.3) is 0 Å². The van der Waals surface area contributed by atoms with Crippen molar-refractivity contribution in [3.63, 3.8) is 0 Å². The van der Waals surface area contributed by atoms with Gasteiger partial charge in [0, 0.05) is 23.7 Å². The molecule has 0 heterocycles. The van der Waals surface area contributed by atoms with Gasteiger partial charge in [0.15, 0.2) is 0 Å². The van der Waals surface area contributed by atoms with Gasteiger partial charge in [0.05, 0.1) is 16.2 Å². The van der Waals surface area contributed by atoms with Crippen molar-refractivity contribution >= 4 is 23.2 Å². The SMILES string of the molecule is CC(C)NC(=O)c1ccccc1NC(=O)c1ccc([N+](=O)[O-])cc1. The number of carbonyl (C=O) groups is 2. The molecule has 2 aromatic carbocycles. The second-order valence-corrected chi connectivity index (χ2v) is 5.43. The summed E-state index contributed by atoms with van der Waals surface area (Å²) in [5, 5.41) is 16.1. The standard InChI is InChI=1S/C17H17N3O4/c1-11(2)18-17(22)14-5-3-4-6-15(14)19-16(21)12-7-9-13(10-8-12)20(23)24/h3-11H,1-2H3,(H,18,22)(H,19,21). The smallest absolute Gasteiger partial charge is 0.269 e. The number of carbonyl (C=O) groups excluding carboxylic acids is 2. The van der Waals surface area contributed by atoms with Crippen LogP contribution >= 0.6 is 0 Å². The van der Waals surface area contributed by atoms with Gasteiger partial charge in [-0.1, -0.05) is 12.1 Å². The maximum atomic E-state index is 12.3. The molecule has 0 aliphatic heterocycles. The van der Waals surface area contributed by atoms with Crippen LogP contribution in [0.3, 0.4) is 0 Å². The van der Waals surface area contributed by atoms with Crippen LogP contribution in [0.1, 0.15) is 34.6 Å². The monoisotopic (exact) mass is 327 g/mol. The molecular weight excluding hydrogens is 310 g/mol. The second kappa shape index (κ2) is 7.36. The van der Waals surface area contributed by atoms with E-state index in [1.807, 2.05) is 13.8 Å². The van der Waals surface area contributed by atoms with Crippen molar-refractivity contribution in [3.8, 4) is 0 Å². The van der Waals surface area contributed by atoms with Crippen molar-refractivity contribution < 1.29 is 14.5 Å². The zero-order valence-electron chi connectivity index (χ0n) is 13.3. The Bertz CT molecular complexity index is 770. The van der Waals surface area contributed by atoms with Crippen LogP contribution in [0, 0.1) is 10.1 Å². The molecule has 0 unspecified atom stereocenters. The van der Waals surface area contributed by atoms with Gasteiger partial charge in [0.1, 0.15) is 0 Å². The fourth-order valence-corrected chi connectivity index (χ4v) is 2.06. The van der Waals surface area contributed by atoms with Crippen LogP contribution in [0.15, 0.2) is 48.5 Å². The van der Waals surface area contributed by atoms with Crippen LogP contribution in [0.2, 0.25) is 0 Å². The number of rotatable bonds is 5. The molecule has 0 spiro atoms. The van der Waals surface area contributed by atoms with Gasteiger partial charge in [-0.05, 0) is 38.1 Å². The molecule has 0 atom stereocenters. The van der Waals surface area contributed by atoms with Crippen molar-refractivity contribution in [2.45, 2.75) is 19.9 Å². The lowest BCUT2D eigenvalue weighted by atomic mass is 10.1. The quantitative estimate of drug-likeness (QED) is 0.651. The number of benzene rings is 2. The Hall–Kier alpha value is -3.22. The first-order valence-corrected chi connectivity index (χ1v) is 7.34. The molecule has 2 rings (SSSR count). The van der Waals surface area contributed by atoms with Crippen LogP contribution < -0.4 is 10.6 Å². The minimum atomic E-state index is -0.534. The Labute approximate surface area is 138 Å². The number of nitro groups is 1. The zero-order valence-corrected chi connectivity index (χ0v) is 13.3. The van der Waals surface area contributed by atoms with Crippen molar-refractivity contribution in [2.75, 3.05) is 5.32 Å². The van der Waals surface area contributed by atoms with Gasteiger partial charge in [0.2, 0.25) is 0 Å². The average molecular weight is 327 g/mol. The van der Waals surface area contributed by atoms with Crippen molar-refractivity contribution in [2.24, 2.45) is 0 Å². The minimum absolute atomic E-state index is 0.0315. The topological polar surface area (TPSA) is 101 Å². The van der Waals surface area contributed by atoms with E-state index in [2.05, 4.69) is 10.6 Å². The van der Waals surface area contributed by atoms with Gasteiger partial charge in [0.25, 0.3) is 17.5 Å². The predicted octanol–water partition coefficient (Wildman–Crippen LogP) is 2.99. The highest BCUT2D eigenvalue weighted by Crippen LogP contribution is 2.18. The minimum Gasteiger partial charge on any atom is -0.350 e. The molecule has 2 N–H and O–H groups in total. The van der Waals surface area contributed by atoms with Gasteiger partial charge in [-0.15, -0.1) is 0 Å². The third-order valence-electron chi connectivity index (χ3n) is 3.18. The first kappa shape index (κ1) is 17.1. The Morgan fingerprint density at radius 3 is 2.21 bits per heavy atom. The highest BCUT2D eigenvalue weighted by molar-refractivity contribution is 6.09. The van der Waals surface area contributed by atoms with E-state index < -0.39 is 10.8 Å². The number of nitro benzene ring substituents is 1. The zero-order chi connectivity index (χ0) is 17.7. The summed E-state index contributed by atoms with van der Waals surface area (Å²) in [5.41, 5.74) is 0.892. The van der Waals surface area contributed by atoms with Crippen LogP contribution in [-0.2, 0) is 0 Å². The molecule has 0 bridgehead atoms. The molecule has 0 saturated heterocycles. The van der Waals surface area contributed by atoms with Crippen LogP contribution in [-0.4, -0.2) is 22.8 Å². The Morgan fingerprint density at radius 2 is 1.62 bits per heavy atom. The molecule has 0 aliphatic carbocycles. The Morgan fingerprint density at radius 1 is 1.00 bits per heavy atom. The molecule has 24 heavy (non-hydrogen) atoms. The fraction of sp³-hybridized carbons (Fsp3) is 0.176. The molecule has 0 saturated carbocycles. The normalized spacial score (nSPS) is 10.3. The van der Waals surface area contributed by atoms with Gasteiger partial charge in [-0.25, -0.2) is 0 Å². The van der Waals surface area contributed by atoms with E-state index in [0.29, 0.717) is 11.3 Å². The maximum absolute atomic E-state index is 12.3. The third kappa shape index (κ3) is 4.16. The highest BCUT2D eigenvalue weighted by atomic mass is 16.6. The van der Waals surface area contributed by atoms with E-state index in [9.17, 15) is 19.7 Å². The van der Waals surface area contributed by atoms with E-state index >= 15 is 0 Å². The summed E-state index contributed by atoms with van der Waals surface area (Å²) < 4.78 is 0. The molecule has 0 radical (unpaired) electrons. The molecule has 2 aromatic rings. The number of non-ortho nitro benzene ring substituents is 1. The predicted molar refractivity (Wildman–Crippen MR) is 90.1 cm³/mol. The lowest BCUT2D eigenvalue weighted by Gasteiger charge is -2.13. The fourth-order valence-electron chi connectivity index (χ4n) is 2.06. The van der Waals surface area contributed by atoms with Crippen LogP contribution in [0.5, 0.6) is 0 Å². The summed E-state index contributed by atoms with van der Waals surface area (Å²) in [4.78, 5) is 34.6. The largest absolute Gasteiger partial charge is 0.350 e. The number of amides is 2. The molecule has 0 aliphatic rings. The molecule has 2 amide bonds. The van der Waals surface area contributed by atoms with E-state index in [1.165, 1.54) is 24.3 Å². The molecule has 7 nitrogen and oxygen atoms in total. The van der Waals surface area contributed by atoms with E-state index in [4.69, 9.17) is 0 Å². The number of hydrogen-bond donors (Lipinski definition) is 2. The van der Waals surface area contributed by atoms with Gasteiger partial charge in [-0.2, -0.15) is 0 Å². The summed E-state index contributed by atoms with van der Waals surface area (Å²) in [5.74, 6) is -0.737. The maximum Gasteiger partial charge on any atom is 0.269 e. The molecule has 124 valence electrons. The summed E-state index contributed by atoms with van der Waals surface area (Å²) in [6, 6.07) is 11.9. The number of nitrogens with zero attached hydrogens (tertiary/aromatic N) is 1. The highest BCUT2D eigenvalue weighted by Gasteiger charge is 2.15. The van der Waals surface area contributed by atoms with Gasteiger partial charge in [-0.3, -0.25) is 19.7 Å². The van der Waals surface area contributed by atoms with Gasteiger partial charge >= 0.3 is 0 Å². The second-order valence-electron chi connectivity index (χ2n) is 5.43. The number of para-hydroxylation sites is 1. The molecule has 7 heteroatoms.